The van der Waals surface area contributed by atoms with Gasteiger partial charge in [0.25, 0.3) is 0 Å². The lowest BCUT2D eigenvalue weighted by molar-refractivity contribution is -0.121. The maximum Gasteiger partial charge on any atom is 0.240 e. The maximum atomic E-state index is 12.0. The number of para-hydroxylation sites is 2. The zero-order valence-corrected chi connectivity index (χ0v) is 15.1. The number of aromatic amines is 1. The largest absolute Gasteiger partial charge is 0.349 e. The normalized spacial score (nSPS) is 11.6. The first-order valence-corrected chi connectivity index (χ1v) is 9.69. The molecule has 1 aromatic heterocycles. The van der Waals surface area contributed by atoms with E-state index in [-0.39, 0.29) is 10.8 Å². The Kier molecular flexibility index (Phi) is 5.34. The SMILES string of the molecule is CNS(=O)(=O)c1ccc(CCC(=O)NCc2nc3ccccc3[nH]2)cc1. The molecule has 0 saturated carbocycles. The third kappa shape index (κ3) is 4.27. The van der Waals surface area contributed by atoms with Gasteiger partial charge in [0.2, 0.25) is 15.9 Å². The molecule has 2 aromatic carbocycles. The van der Waals surface area contributed by atoms with Crippen LogP contribution in [0.3, 0.4) is 0 Å². The zero-order chi connectivity index (χ0) is 18.6. The van der Waals surface area contributed by atoms with Crippen molar-refractivity contribution in [3.8, 4) is 0 Å². The molecule has 3 aromatic rings. The number of aromatic nitrogens is 2. The van der Waals surface area contributed by atoms with Gasteiger partial charge < -0.3 is 10.3 Å². The van der Waals surface area contributed by atoms with Gasteiger partial charge in [-0.1, -0.05) is 24.3 Å². The Morgan fingerprint density at radius 1 is 1.12 bits per heavy atom. The van der Waals surface area contributed by atoms with E-state index >= 15 is 0 Å². The van der Waals surface area contributed by atoms with Crippen molar-refractivity contribution in [1.82, 2.24) is 20.0 Å². The van der Waals surface area contributed by atoms with E-state index in [0.29, 0.717) is 25.2 Å². The summed E-state index contributed by atoms with van der Waals surface area (Å²) in [7, 11) is -2.07. The summed E-state index contributed by atoms with van der Waals surface area (Å²) >= 11 is 0. The first-order valence-electron chi connectivity index (χ1n) is 8.21. The van der Waals surface area contributed by atoms with E-state index in [1.54, 1.807) is 12.1 Å². The Morgan fingerprint density at radius 2 is 1.85 bits per heavy atom. The predicted octanol–water partition coefficient (Wildman–Crippen LogP) is 1.72. The van der Waals surface area contributed by atoms with Gasteiger partial charge in [-0.15, -0.1) is 0 Å². The van der Waals surface area contributed by atoms with E-state index < -0.39 is 10.0 Å². The topological polar surface area (TPSA) is 104 Å². The van der Waals surface area contributed by atoms with Crippen molar-refractivity contribution in [1.29, 1.82) is 0 Å². The van der Waals surface area contributed by atoms with Crippen molar-refractivity contribution in [2.75, 3.05) is 7.05 Å². The first-order chi connectivity index (χ1) is 12.5. The van der Waals surface area contributed by atoms with Crippen LogP contribution < -0.4 is 10.0 Å². The summed E-state index contributed by atoms with van der Waals surface area (Å²) in [5.74, 6) is 0.624. The number of rotatable bonds is 7. The van der Waals surface area contributed by atoms with Crippen LogP contribution in [0.1, 0.15) is 17.8 Å². The molecule has 0 bridgehead atoms. The number of imidazole rings is 1. The van der Waals surface area contributed by atoms with Gasteiger partial charge in [0.15, 0.2) is 0 Å². The van der Waals surface area contributed by atoms with E-state index in [4.69, 9.17) is 0 Å². The average molecular weight is 372 g/mol. The van der Waals surface area contributed by atoms with Gasteiger partial charge in [-0.2, -0.15) is 0 Å². The van der Waals surface area contributed by atoms with Crippen molar-refractivity contribution < 1.29 is 13.2 Å². The fourth-order valence-electron chi connectivity index (χ4n) is 2.57. The number of nitrogens with one attached hydrogen (secondary N) is 3. The number of aryl methyl sites for hydroxylation is 1. The lowest BCUT2D eigenvalue weighted by atomic mass is 10.1. The van der Waals surface area contributed by atoms with Gasteiger partial charge in [-0.3, -0.25) is 4.79 Å². The number of carbonyl (C=O) groups excluding carboxylic acids is 1. The van der Waals surface area contributed by atoms with Crippen LogP contribution in [0.15, 0.2) is 53.4 Å². The Hall–Kier alpha value is -2.71. The summed E-state index contributed by atoms with van der Waals surface area (Å²) in [6.45, 7) is 0.340. The summed E-state index contributed by atoms with van der Waals surface area (Å²) in [6.07, 6.45) is 0.851. The number of hydrogen-bond acceptors (Lipinski definition) is 4. The van der Waals surface area contributed by atoms with Crippen molar-refractivity contribution in [2.45, 2.75) is 24.3 Å². The lowest BCUT2D eigenvalue weighted by Crippen LogP contribution is -2.23. The van der Waals surface area contributed by atoms with Gasteiger partial charge in [0.05, 0.1) is 22.5 Å². The Morgan fingerprint density at radius 3 is 2.54 bits per heavy atom. The van der Waals surface area contributed by atoms with E-state index in [9.17, 15) is 13.2 Å². The van der Waals surface area contributed by atoms with Crippen LogP contribution in [0, 0.1) is 0 Å². The molecule has 1 amide bonds. The molecule has 8 heteroatoms. The van der Waals surface area contributed by atoms with E-state index in [2.05, 4.69) is 20.0 Å². The molecule has 136 valence electrons. The van der Waals surface area contributed by atoms with Crippen LogP contribution >= 0.6 is 0 Å². The molecular weight excluding hydrogens is 352 g/mol. The Labute approximate surface area is 151 Å². The molecular formula is C18H20N4O3S. The molecule has 1 heterocycles. The second-order valence-corrected chi connectivity index (χ2v) is 7.72. The minimum absolute atomic E-state index is 0.0858. The smallest absolute Gasteiger partial charge is 0.240 e. The highest BCUT2D eigenvalue weighted by molar-refractivity contribution is 7.89. The molecule has 0 aliphatic carbocycles. The maximum absolute atomic E-state index is 12.0. The quantitative estimate of drug-likeness (QED) is 0.587. The summed E-state index contributed by atoms with van der Waals surface area (Å²) < 4.78 is 25.6. The summed E-state index contributed by atoms with van der Waals surface area (Å²) in [4.78, 5) is 19.8. The molecule has 3 rings (SSSR count). The predicted molar refractivity (Wildman–Crippen MR) is 98.9 cm³/mol. The summed E-state index contributed by atoms with van der Waals surface area (Å²) in [5, 5.41) is 2.84. The fourth-order valence-corrected chi connectivity index (χ4v) is 3.30. The number of carbonyl (C=O) groups is 1. The third-order valence-electron chi connectivity index (χ3n) is 4.03. The van der Waals surface area contributed by atoms with E-state index in [1.165, 1.54) is 19.2 Å². The molecule has 7 nitrogen and oxygen atoms in total. The molecule has 0 unspecified atom stereocenters. The monoisotopic (exact) mass is 372 g/mol. The first kappa shape index (κ1) is 18.1. The minimum atomic E-state index is -3.44. The van der Waals surface area contributed by atoms with Crippen LogP contribution in [0.4, 0.5) is 0 Å². The molecule has 0 fully saturated rings. The highest BCUT2D eigenvalue weighted by Crippen LogP contribution is 2.12. The van der Waals surface area contributed by atoms with Crippen LogP contribution in [0.25, 0.3) is 11.0 Å². The second kappa shape index (κ2) is 7.67. The molecule has 3 N–H and O–H groups in total. The molecule has 0 saturated heterocycles. The Bertz CT molecular complexity index is 977. The number of H-pyrrole nitrogens is 1. The van der Waals surface area contributed by atoms with Crippen LogP contribution in [0.5, 0.6) is 0 Å². The summed E-state index contributed by atoms with van der Waals surface area (Å²) in [6, 6.07) is 14.2. The van der Waals surface area contributed by atoms with Crippen molar-refractivity contribution in [3.63, 3.8) is 0 Å². The fraction of sp³-hybridized carbons (Fsp3) is 0.222. The molecule has 0 aliphatic heterocycles. The van der Waals surface area contributed by atoms with Crippen LogP contribution in [-0.4, -0.2) is 31.3 Å². The summed E-state index contributed by atoms with van der Waals surface area (Å²) in [5.41, 5.74) is 2.71. The average Bonchev–Trinajstić information content (AvgIpc) is 3.08. The van der Waals surface area contributed by atoms with E-state index in [1.807, 2.05) is 24.3 Å². The molecule has 0 atom stereocenters. The van der Waals surface area contributed by atoms with Gasteiger partial charge in [-0.25, -0.2) is 18.1 Å². The third-order valence-corrected chi connectivity index (χ3v) is 5.46. The molecule has 0 aliphatic rings. The van der Waals surface area contributed by atoms with Crippen molar-refractivity contribution in [2.24, 2.45) is 0 Å². The van der Waals surface area contributed by atoms with Crippen LogP contribution in [-0.2, 0) is 27.8 Å². The van der Waals surface area contributed by atoms with Crippen molar-refractivity contribution in [3.05, 3.63) is 59.9 Å². The lowest BCUT2D eigenvalue weighted by Gasteiger charge is -2.05. The highest BCUT2D eigenvalue weighted by atomic mass is 32.2. The number of hydrogen-bond donors (Lipinski definition) is 3. The number of benzene rings is 2. The molecule has 0 spiro atoms. The van der Waals surface area contributed by atoms with Crippen molar-refractivity contribution >= 4 is 27.0 Å². The van der Waals surface area contributed by atoms with E-state index in [0.717, 1.165) is 16.6 Å². The van der Waals surface area contributed by atoms with Gasteiger partial charge in [-0.05, 0) is 43.3 Å². The van der Waals surface area contributed by atoms with Crippen LogP contribution in [0.2, 0.25) is 0 Å². The number of nitrogens with zero attached hydrogens (tertiary/aromatic N) is 1. The number of fused-ring (bicyclic) bond motifs is 1. The Balaban J connectivity index is 1.51. The minimum Gasteiger partial charge on any atom is -0.349 e. The molecule has 0 radical (unpaired) electrons. The van der Waals surface area contributed by atoms with Gasteiger partial charge in [0.1, 0.15) is 5.82 Å². The highest BCUT2D eigenvalue weighted by Gasteiger charge is 2.11. The van der Waals surface area contributed by atoms with Gasteiger partial charge >= 0.3 is 0 Å². The second-order valence-electron chi connectivity index (χ2n) is 5.83. The zero-order valence-electron chi connectivity index (χ0n) is 14.3. The van der Waals surface area contributed by atoms with Gasteiger partial charge in [0, 0.05) is 6.42 Å². The number of amides is 1. The number of sulfonamides is 1. The standard InChI is InChI=1S/C18H20N4O3S/c1-19-26(24,25)14-9-6-13(7-10-14)8-11-18(23)20-12-17-21-15-4-2-3-5-16(15)22-17/h2-7,9-10,19H,8,11-12H2,1H3,(H,20,23)(H,21,22). The molecule has 26 heavy (non-hydrogen) atoms.